The van der Waals surface area contributed by atoms with E-state index in [-0.39, 0.29) is 11.7 Å². The molecule has 0 spiro atoms. The smallest absolute Gasteiger partial charge is 0.230 e. The Kier molecular flexibility index (Phi) is 5.23. The standard InChI is InChI=1S/C17H18FN3OS/c18-13-7-5-12(6-8-13)15-9-10-17(21-20-15)23-11-16(22)19-14-3-1-2-4-14/h5-10,14H,1-4,11H2,(H,19,22). The highest BCUT2D eigenvalue weighted by Crippen LogP contribution is 2.21. The lowest BCUT2D eigenvalue weighted by atomic mass is 10.1. The molecule has 0 radical (unpaired) electrons. The molecular weight excluding hydrogens is 313 g/mol. The van der Waals surface area contributed by atoms with Gasteiger partial charge in [-0.25, -0.2) is 4.39 Å². The zero-order valence-electron chi connectivity index (χ0n) is 12.7. The third-order valence-electron chi connectivity index (χ3n) is 3.85. The SMILES string of the molecule is O=C(CSc1ccc(-c2ccc(F)cc2)nn1)NC1CCCC1. The molecule has 0 saturated heterocycles. The van der Waals surface area contributed by atoms with Gasteiger partial charge in [0.05, 0.1) is 11.4 Å². The highest BCUT2D eigenvalue weighted by molar-refractivity contribution is 7.99. The van der Waals surface area contributed by atoms with Gasteiger partial charge in [-0.15, -0.1) is 10.2 Å². The number of carbonyl (C=O) groups is 1. The van der Waals surface area contributed by atoms with E-state index >= 15 is 0 Å². The van der Waals surface area contributed by atoms with E-state index in [0.717, 1.165) is 18.4 Å². The third kappa shape index (κ3) is 4.51. The molecule has 120 valence electrons. The van der Waals surface area contributed by atoms with E-state index in [9.17, 15) is 9.18 Å². The first-order valence-corrected chi connectivity index (χ1v) is 8.71. The van der Waals surface area contributed by atoms with Crippen molar-refractivity contribution in [3.63, 3.8) is 0 Å². The van der Waals surface area contributed by atoms with Crippen LogP contribution in [0.4, 0.5) is 4.39 Å². The number of halogens is 1. The van der Waals surface area contributed by atoms with Gasteiger partial charge in [0, 0.05) is 11.6 Å². The highest BCUT2D eigenvalue weighted by atomic mass is 32.2. The van der Waals surface area contributed by atoms with Crippen molar-refractivity contribution in [1.82, 2.24) is 15.5 Å². The number of benzene rings is 1. The lowest BCUT2D eigenvalue weighted by Gasteiger charge is -2.11. The maximum absolute atomic E-state index is 12.9. The number of amides is 1. The second-order valence-corrected chi connectivity index (χ2v) is 6.60. The van der Waals surface area contributed by atoms with Crippen LogP contribution in [0.3, 0.4) is 0 Å². The van der Waals surface area contributed by atoms with Gasteiger partial charge in [-0.05, 0) is 49.2 Å². The first kappa shape index (κ1) is 15.9. The number of carbonyl (C=O) groups excluding carboxylic acids is 1. The second-order valence-electron chi connectivity index (χ2n) is 5.60. The van der Waals surface area contributed by atoms with E-state index in [2.05, 4.69) is 15.5 Å². The maximum atomic E-state index is 12.9. The fourth-order valence-corrected chi connectivity index (χ4v) is 3.28. The molecule has 6 heteroatoms. The lowest BCUT2D eigenvalue weighted by Crippen LogP contribution is -2.33. The number of thioether (sulfide) groups is 1. The number of nitrogens with one attached hydrogen (secondary N) is 1. The van der Waals surface area contributed by atoms with E-state index in [1.165, 1.54) is 36.7 Å². The lowest BCUT2D eigenvalue weighted by molar-refractivity contribution is -0.119. The zero-order chi connectivity index (χ0) is 16.1. The minimum atomic E-state index is -0.276. The van der Waals surface area contributed by atoms with Gasteiger partial charge in [-0.3, -0.25) is 4.79 Å². The summed E-state index contributed by atoms with van der Waals surface area (Å²) in [5.41, 5.74) is 1.50. The van der Waals surface area contributed by atoms with Crippen molar-refractivity contribution in [2.75, 3.05) is 5.75 Å². The summed E-state index contributed by atoms with van der Waals surface area (Å²) in [6.07, 6.45) is 4.58. The molecule has 1 heterocycles. The van der Waals surface area contributed by atoms with Crippen molar-refractivity contribution in [2.45, 2.75) is 36.8 Å². The van der Waals surface area contributed by atoms with Crippen LogP contribution < -0.4 is 5.32 Å². The first-order chi connectivity index (χ1) is 11.2. The van der Waals surface area contributed by atoms with Gasteiger partial charge in [0.2, 0.25) is 5.91 Å². The minimum Gasteiger partial charge on any atom is -0.353 e. The van der Waals surface area contributed by atoms with Crippen LogP contribution in [-0.4, -0.2) is 27.9 Å². The van der Waals surface area contributed by atoms with Crippen molar-refractivity contribution >= 4 is 17.7 Å². The van der Waals surface area contributed by atoms with Crippen LogP contribution in [0.2, 0.25) is 0 Å². The zero-order valence-corrected chi connectivity index (χ0v) is 13.5. The van der Waals surface area contributed by atoms with Crippen LogP contribution >= 0.6 is 11.8 Å². The van der Waals surface area contributed by atoms with Gasteiger partial charge in [0.1, 0.15) is 10.8 Å². The normalized spacial score (nSPS) is 14.8. The Hall–Kier alpha value is -1.95. The van der Waals surface area contributed by atoms with Crippen LogP contribution in [0.25, 0.3) is 11.3 Å². The summed E-state index contributed by atoms with van der Waals surface area (Å²) >= 11 is 1.37. The van der Waals surface area contributed by atoms with Crippen LogP contribution in [0, 0.1) is 5.82 Å². The molecule has 3 rings (SSSR count). The van der Waals surface area contributed by atoms with Crippen molar-refractivity contribution in [3.8, 4) is 11.3 Å². The number of hydrogen-bond donors (Lipinski definition) is 1. The number of nitrogens with zero attached hydrogens (tertiary/aromatic N) is 2. The maximum Gasteiger partial charge on any atom is 0.230 e. The molecule has 1 aromatic heterocycles. The molecule has 1 aliphatic carbocycles. The third-order valence-corrected chi connectivity index (χ3v) is 4.77. The summed E-state index contributed by atoms with van der Waals surface area (Å²) in [4.78, 5) is 11.9. The Bertz CT molecular complexity index is 655. The molecule has 2 aromatic rings. The number of hydrogen-bond acceptors (Lipinski definition) is 4. The molecule has 4 nitrogen and oxygen atoms in total. The van der Waals surface area contributed by atoms with Crippen LogP contribution in [0.5, 0.6) is 0 Å². The van der Waals surface area contributed by atoms with Gasteiger partial charge < -0.3 is 5.32 Å². The summed E-state index contributed by atoms with van der Waals surface area (Å²) in [6, 6.07) is 10.1. The molecule has 0 atom stereocenters. The summed E-state index contributed by atoms with van der Waals surface area (Å²) < 4.78 is 12.9. The van der Waals surface area contributed by atoms with Crippen molar-refractivity contribution in [2.24, 2.45) is 0 Å². The van der Waals surface area contributed by atoms with Gasteiger partial charge in [0.15, 0.2) is 0 Å². The average molecular weight is 331 g/mol. The van der Waals surface area contributed by atoms with Gasteiger partial charge in [-0.2, -0.15) is 0 Å². The van der Waals surface area contributed by atoms with Crippen LogP contribution in [0.15, 0.2) is 41.4 Å². The Morgan fingerprint density at radius 3 is 2.52 bits per heavy atom. The molecule has 0 unspecified atom stereocenters. The molecule has 1 aromatic carbocycles. The monoisotopic (exact) mass is 331 g/mol. The summed E-state index contributed by atoms with van der Waals surface area (Å²) in [5.74, 6) is 0.120. The number of aromatic nitrogens is 2. The molecule has 1 N–H and O–H groups in total. The minimum absolute atomic E-state index is 0.0475. The molecule has 23 heavy (non-hydrogen) atoms. The summed E-state index contributed by atoms with van der Waals surface area (Å²) in [5, 5.41) is 12.0. The van der Waals surface area contributed by atoms with Crippen molar-refractivity contribution in [1.29, 1.82) is 0 Å². The Morgan fingerprint density at radius 2 is 1.87 bits per heavy atom. The first-order valence-electron chi connectivity index (χ1n) is 7.72. The predicted molar refractivity (Wildman–Crippen MR) is 88.5 cm³/mol. The largest absolute Gasteiger partial charge is 0.353 e. The van der Waals surface area contributed by atoms with E-state index in [4.69, 9.17) is 0 Å². The van der Waals surface area contributed by atoms with Gasteiger partial charge >= 0.3 is 0 Å². The quantitative estimate of drug-likeness (QED) is 0.853. The Balaban J connectivity index is 1.53. The molecular formula is C17H18FN3OS. The summed E-state index contributed by atoms with van der Waals surface area (Å²) in [6.45, 7) is 0. The summed E-state index contributed by atoms with van der Waals surface area (Å²) in [7, 11) is 0. The molecule has 1 aliphatic rings. The van der Waals surface area contributed by atoms with Gasteiger partial charge in [0.25, 0.3) is 0 Å². The topological polar surface area (TPSA) is 54.9 Å². The van der Waals surface area contributed by atoms with E-state index in [0.29, 0.717) is 22.5 Å². The van der Waals surface area contributed by atoms with Crippen LogP contribution in [-0.2, 0) is 4.79 Å². The molecule has 0 bridgehead atoms. The fourth-order valence-electron chi connectivity index (χ4n) is 2.65. The molecule has 1 amide bonds. The fraction of sp³-hybridized carbons (Fsp3) is 0.353. The molecule has 1 fully saturated rings. The molecule has 0 aliphatic heterocycles. The second kappa shape index (κ2) is 7.55. The predicted octanol–water partition coefficient (Wildman–Crippen LogP) is 3.43. The van der Waals surface area contributed by atoms with Crippen molar-refractivity contribution in [3.05, 3.63) is 42.2 Å². The number of rotatable bonds is 5. The Labute approximate surface area is 138 Å². The van der Waals surface area contributed by atoms with E-state index in [1.54, 1.807) is 12.1 Å². The van der Waals surface area contributed by atoms with E-state index < -0.39 is 0 Å². The molecule has 1 saturated carbocycles. The van der Waals surface area contributed by atoms with Crippen LogP contribution in [0.1, 0.15) is 25.7 Å². The van der Waals surface area contributed by atoms with E-state index in [1.807, 2.05) is 12.1 Å². The van der Waals surface area contributed by atoms with Gasteiger partial charge in [-0.1, -0.05) is 24.6 Å². The highest BCUT2D eigenvalue weighted by Gasteiger charge is 2.17. The average Bonchev–Trinajstić information content (AvgIpc) is 3.07. The van der Waals surface area contributed by atoms with Crippen molar-refractivity contribution < 1.29 is 9.18 Å². The Morgan fingerprint density at radius 1 is 1.13 bits per heavy atom.